The van der Waals surface area contributed by atoms with Crippen LogP contribution in [0.3, 0.4) is 0 Å². The number of nitro benzene ring substituents is 1. The molecule has 0 aliphatic heterocycles. The molecule has 0 aromatic heterocycles. The molecule has 0 saturated heterocycles. The number of nitro groups is 1. The summed E-state index contributed by atoms with van der Waals surface area (Å²) < 4.78 is 4.85. The van der Waals surface area contributed by atoms with Gasteiger partial charge >= 0.3 is 5.69 Å². The van der Waals surface area contributed by atoms with Gasteiger partial charge in [-0.15, -0.1) is 0 Å². The molecule has 0 heterocycles. The topological polar surface area (TPSA) is 96.5 Å². The third-order valence-electron chi connectivity index (χ3n) is 2.27. The molecular formula is C11H11N3O4. The predicted octanol–water partition coefficient (Wildman–Crippen LogP) is 1.18. The van der Waals surface area contributed by atoms with Gasteiger partial charge in [-0.25, -0.2) is 0 Å². The molecular weight excluding hydrogens is 238 g/mol. The molecule has 18 heavy (non-hydrogen) atoms. The number of carbonyl (C=O) groups is 1. The number of ether oxygens (including phenoxy) is 1. The number of benzene rings is 1. The molecule has 94 valence electrons. The molecule has 0 spiro atoms. The number of rotatable bonds is 3. The summed E-state index contributed by atoms with van der Waals surface area (Å²) in [5.74, 6) is -0.469. The van der Waals surface area contributed by atoms with E-state index in [1.165, 1.54) is 32.2 Å². The van der Waals surface area contributed by atoms with Crippen LogP contribution in [0.25, 0.3) is 0 Å². The van der Waals surface area contributed by atoms with Crippen molar-refractivity contribution >= 4 is 11.6 Å². The molecule has 0 unspecified atom stereocenters. The quantitative estimate of drug-likeness (QED) is 0.591. The molecule has 1 rings (SSSR count). The Kier molecular flexibility index (Phi) is 3.84. The summed E-state index contributed by atoms with van der Waals surface area (Å²) in [5, 5.41) is 19.7. The van der Waals surface area contributed by atoms with Gasteiger partial charge in [-0.2, -0.15) is 5.26 Å². The van der Waals surface area contributed by atoms with Crippen LogP contribution in [0, 0.1) is 21.4 Å². The van der Waals surface area contributed by atoms with Crippen LogP contribution in [0.15, 0.2) is 12.1 Å². The standard InChI is InChI=1S/C11H11N3O4/c1-13(2)11(15)8-5-10(18-3)9(14(16)17)4-7(8)6-12/h4-5H,1-3H3. The van der Waals surface area contributed by atoms with Crippen LogP contribution < -0.4 is 4.74 Å². The van der Waals surface area contributed by atoms with Crippen molar-refractivity contribution in [1.29, 1.82) is 5.26 Å². The zero-order valence-electron chi connectivity index (χ0n) is 10.1. The molecule has 7 heteroatoms. The molecule has 0 saturated carbocycles. The van der Waals surface area contributed by atoms with Crippen molar-refractivity contribution in [3.63, 3.8) is 0 Å². The molecule has 0 fully saturated rings. The Bertz CT molecular complexity index is 546. The number of amides is 1. The van der Waals surface area contributed by atoms with Crippen LogP contribution >= 0.6 is 0 Å². The first-order valence-electron chi connectivity index (χ1n) is 4.90. The molecule has 7 nitrogen and oxygen atoms in total. The first kappa shape index (κ1) is 13.4. The van der Waals surface area contributed by atoms with Crippen LogP contribution in [0.2, 0.25) is 0 Å². The van der Waals surface area contributed by atoms with Crippen LogP contribution in [-0.4, -0.2) is 36.9 Å². The molecule has 0 bridgehead atoms. The summed E-state index contributed by atoms with van der Waals surface area (Å²) in [5.41, 5.74) is -0.324. The maximum Gasteiger partial charge on any atom is 0.312 e. The summed E-state index contributed by atoms with van der Waals surface area (Å²) >= 11 is 0. The fourth-order valence-electron chi connectivity index (χ4n) is 1.38. The molecule has 0 aliphatic carbocycles. The second-order valence-corrected chi connectivity index (χ2v) is 3.64. The molecule has 1 amide bonds. The molecule has 0 aliphatic rings. The van der Waals surface area contributed by atoms with Crippen LogP contribution in [0.5, 0.6) is 5.75 Å². The molecule has 0 radical (unpaired) electrons. The highest BCUT2D eigenvalue weighted by atomic mass is 16.6. The minimum atomic E-state index is -0.663. The van der Waals surface area contributed by atoms with Gasteiger partial charge in [0.05, 0.1) is 23.2 Å². The van der Waals surface area contributed by atoms with E-state index in [2.05, 4.69) is 0 Å². The van der Waals surface area contributed by atoms with Gasteiger partial charge in [0.2, 0.25) is 0 Å². The Morgan fingerprint density at radius 3 is 2.50 bits per heavy atom. The van der Waals surface area contributed by atoms with Gasteiger partial charge in [0.15, 0.2) is 5.75 Å². The van der Waals surface area contributed by atoms with Gasteiger partial charge in [-0.05, 0) is 0 Å². The lowest BCUT2D eigenvalue weighted by molar-refractivity contribution is -0.385. The van der Waals surface area contributed by atoms with Crippen molar-refractivity contribution in [3.05, 3.63) is 33.4 Å². The Hall–Kier alpha value is -2.62. The number of hydrogen-bond donors (Lipinski definition) is 0. The zero-order valence-corrected chi connectivity index (χ0v) is 10.1. The van der Waals surface area contributed by atoms with E-state index < -0.39 is 10.8 Å². The SMILES string of the molecule is COc1cc(C(=O)N(C)C)c(C#N)cc1[N+](=O)[O-]. The lowest BCUT2D eigenvalue weighted by Gasteiger charge is -2.12. The third kappa shape index (κ3) is 2.38. The normalized spacial score (nSPS) is 9.44. The van der Waals surface area contributed by atoms with E-state index in [1.807, 2.05) is 0 Å². The Morgan fingerprint density at radius 2 is 2.11 bits per heavy atom. The van der Waals surface area contributed by atoms with Crippen LogP contribution in [0.1, 0.15) is 15.9 Å². The van der Waals surface area contributed by atoms with Gasteiger partial charge in [0.1, 0.15) is 6.07 Å². The van der Waals surface area contributed by atoms with Gasteiger partial charge in [-0.1, -0.05) is 0 Å². The summed E-state index contributed by atoms with van der Waals surface area (Å²) in [6, 6.07) is 4.02. The molecule has 1 aromatic carbocycles. The summed E-state index contributed by atoms with van der Waals surface area (Å²) in [7, 11) is 4.31. The van der Waals surface area contributed by atoms with Crippen molar-refractivity contribution in [2.45, 2.75) is 0 Å². The summed E-state index contributed by atoms with van der Waals surface area (Å²) in [4.78, 5) is 23.2. The van der Waals surface area contributed by atoms with Crippen LogP contribution in [0.4, 0.5) is 5.69 Å². The average Bonchev–Trinajstić information content (AvgIpc) is 2.35. The number of carbonyl (C=O) groups excluding carboxylic acids is 1. The monoisotopic (exact) mass is 249 g/mol. The number of nitrogens with zero attached hydrogens (tertiary/aromatic N) is 3. The van der Waals surface area contributed by atoms with E-state index in [9.17, 15) is 14.9 Å². The fraction of sp³-hybridized carbons (Fsp3) is 0.273. The highest BCUT2D eigenvalue weighted by Gasteiger charge is 2.23. The minimum Gasteiger partial charge on any atom is -0.490 e. The first-order chi connectivity index (χ1) is 8.42. The largest absolute Gasteiger partial charge is 0.490 e. The van der Waals surface area contributed by atoms with Crippen LogP contribution in [-0.2, 0) is 0 Å². The van der Waals surface area contributed by atoms with Gasteiger partial charge < -0.3 is 9.64 Å². The fourth-order valence-corrected chi connectivity index (χ4v) is 1.38. The summed E-state index contributed by atoms with van der Waals surface area (Å²) in [6.07, 6.45) is 0. The van der Waals surface area contributed by atoms with Crippen molar-refractivity contribution in [3.8, 4) is 11.8 Å². The summed E-state index contributed by atoms with van der Waals surface area (Å²) in [6.45, 7) is 0. The second-order valence-electron chi connectivity index (χ2n) is 3.64. The van der Waals surface area contributed by atoms with Gasteiger partial charge in [0.25, 0.3) is 5.91 Å². The number of methoxy groups -OCH3 is 1. The number of hydrogen-bond acceptors (Lipinski definition) is 5. The van der Waals surface area contributed by atoms with Crippen molar-refractivity contribution in [2.75, 3.05) is 21.2 Å². The lowest BCUT2D eigenvalue weighted by Crippen LogP contribution is -2.22. The lowest BCUT2D eigenvalue weighted by atomic mass is 10.1. The predicted molar refractivity (Wildman–Crippen MR) is 62.4 cm³/mol. The maximum absolute atomic E-state index is 11.8. The Balaban J connectivity index is 3.51. The van der Waals surface area contributed by atoms with E-state index in [1.54, 1.807) is 6.07 Å². The zero-order chi connectivity index (χ0) is 13.9. The Labute approximate surface area is 103 Å². The molecule has 0 N–H and O–H groups in total. The van der Waals surface area contributed by atoms with Crippen molar-refractivity contribution in [1.82, 2.24) is 4.90 Å². The average molecular weight is 249 g/mol. The second kappa shape index (κ2) is 5.14. The Morgan fingerprint density at radius 1 is 1.50 bits per heavy atom. The maximum atomic E-state index is 11.8. The minimum absolute atomic E-state index is 0.0517. The molecule has 1 aromatic rings. The van der Waals surface area contributed by atoms with Gasteiger partial charge in [0, 0.05) is 26.2 Å². The first-order valence-corrected chi connectivity index (χ1v) is 4.90. The van der Waals surface area contributed by atoms with E-state index in [0.717, 1.165) is 6.07 Å². The highest BCUT2D eigenvalue weighted by molar-refractivity contribution is 5.97. The van der Waals surface area contributed by atoms with Gasteiger partial charge in [-0.3, -0.25) is 14.9 Å². The van der Waals surface area contributed by atoms with E-state index in [0.29, 0.717) is 0 Å². The van der Waals surface area contributed by atoms with Crippen molar-refractivity contribution < 1.29 is 14.5 Å². The third-order valence-corrected chi connectivity index (χ3v) is 2.27. The number of nitriles is 1. The molecule has 0 atom stereocenters. The van der Waals surface area contributed by atoms with Crippen molar-refractivity contribution in [2.24, 2.45) is 0 Å². The van der Waals surface area contributed by atoms with E-state index in [-0.39, 0.29) is 22.6 Å². The smallest absolute Gasteiger partial charge is 0.312 e. The van der Waals surface area contributed by atoms with E-state index in [4.69, 9.17) is 10.00 Å². The van der Waals surface area contributed by atoms with E-state index >= 15 is 0 Å². The highest BCUT2D eigenvalue weighted by Crippen LogP contribution is 2.30.